The van der Waals surface area contributed by atoms with Crippen molar-refractivity contribution in [3.63, 3.8) is 0 Å². The number of hydrogen-bond donors (Lipinski definition) is 1. The van der Waals surface area contributed by atoms with E-state index in [4.69, 9.17) is 16.6 Å². The number of hydrogen-bond acceptors (Lipinski definition) is 2. The van der Waals surface area contributed by atoms with Gasteiger partial charge in [-0.2, -0.15) is 0 Å². The molecule has 0 bridgehead atoms. The number of aromatic nitrogens is 1. The lowest BCUT2D eigenvalue weighted by atomic mass is 10.0. The molecule has 0 fully saturated rings. The molecule has 1 aromatic heterocycles. The molecular formula is C25H21ClN2O. The molecule has 0 atom stereocenters. The van der Waals surface area contributed by atoms with E-state index in [-0.39, 0.29) is 5.91 Å². The number of fused-ring (bicyclic) bond motifs is 1. The number of amides is 1. The molecule has 4 rings (SSSR count). The number of carbonyl (C=O) groups is 1. The van der Waals surface area contributed by atoms with Gasteiger partial charge in [-0.25, -0.2) is 4.98 Å². The number of rotatable bonds is 5. The Bertz CT molecular complexity index is 1170. The van der Waals surface area contributed by atoms with Crippen molar-refractivity contribution in [2.24, 2.45) is 0 Å². The van der Waals surface area contributed by atoms with E-state index in [2.05, 4.69) is 41.7 Å². The first kappa shape index (κ1) is 19.2. The minimum Gasteiger partial charge on any atom is -0.326 e. The average molecular weight is 401 g/mol. The molecule has 0 aliphatic carbocycles. The van der Waals surface area contributed by atoms with Gasteiger partial charge in [-0.3, -0.25) is 4.79 Å². The van der Waals surface area contributed by atoms with Crippen LogP contribution in [0.1, 0.15) is 17.5 Å². The van der Waals surface area contributed by atoms with E-state index in [1.807, 2.05) is 43.3 Å². The molecule has 0 saturated carbocycles. The van der Waals surface area contributed by atoms with Crippen LogP contribution in [0.5, 0.6) is 0 Å². The van der Waals surface area contributed by atoms with Crippen LogP contribution in [0, 0.1) is 6.92 Å². The fourth-order valence-electron chi connectivity index (χ4n) is 3.27. The van der Waals surface area contributed by atoms with E-state index >= 15 is 0 Å². The molecule has 0 radical (unpaired) electrons. The van der Waals surface area contributed by atoms with Crippen LogP contribution >= 0.6 is 11.6 Å². The smallest absolute Gasteiger partial charge is 0.224 e. The molecule has 4 aromatic rings. The standard InChI is InChI=1S/C25H21ClN2O/c1-17-6-13-21(26)16-24(17)28-25(29)15-9-18-7-10-20(11-8-18)23-14-12-19-4-2-3-5-22(19)27-23/h2-8,10-14,16H,9,15H2,1H3,(H,28,29). The average Bonchev–Trinajstić information content (AvgIpc) is 2.75. The molecule has 4 heteroatoms. The summed E-state index contributed by atoms with van der Waals surface area (Å²) in [5, 5.41) is 4.69. The van der Waals surface area contributed by atoms with E-state index in [1.54, 1.807) is 6.07 Å². The highest BCUT2D eigenvalue weighted by molar-refractivity contribution is 6.31. The van der Waals surface area contributed by atoms with Crippen LogP contribution in [0.3, 0.4) is 0 Å². The number of anilines is 1. The monoisotopic (exact) mass is 400 g/mol. The summed E-state index contributed by atoms with van der Waals surface area (Å²) < 4.78 is 0. The van der Waals surface area contributed by atoms with Crippen LogP contribution in [0.15, 0.2) is 78.9 Å². The first-order chi connectivity index (χ1) is 14.1. The van der Waals surface area contributed by atoms with Gasteiger partial charge >= 0.3 is 0 Å². The predicted molar refractivity (Wildman–Crippen MR) is 120 cm³/mol. The highest BCUT2D eigenvalue weighted by Gasteiger charge is 2.07. The van der Waals surface area contributed by atoms with Crippen molar-refractivity contribution in [2.45, 2.75) is 19.8 Å². The van der Waals surface area contributed by atoms with Crippen LogP contribution in [-0.2, 0) is 11.2 Å². The molecule has 3 aromatic carbocycles. The topological polar surface area (TPSA) is 42.0 Å². The van der Waals surface area contributed by atoms with Crippen LogP contribution < -0.4 is 5.32 Å². The van der Waals surface area contributed by atoms with Gasteiger partial charge in [-0.15, -0.1) is 0 Å². The third-order valence-corrected chi connectivity index (χ3v) is 5.20. The van der Waals surface area contributed by atoms with E-state index < -0.39 is 0 Å². The van der Waals surface area contributed by atoms with Crippen molar-refractivity contribution in [3.8, 4) is 11.3 Å². The Hall–Kier alpha value is -3.17. The number of nitrogens with one attached hydrogen (secondary N) is 1. The van der Waals surface area contributed by atoms with Gasteiger partial charge in [0.15, 0.2) is 0 Å². The minimum atomic E-state index is -0.0179. The Balaban J connectivity index is 1.40. The molecule has 1 N–H and O–H groups in total. The zero-order valence-electron chi connectivity index (χ0n) is 16.2. The lowest BCUT2D eigenvalue weighted by Crippen LogP contribution is -2.13. The van der Waals surface area contributed by atoms with E-state index in [1.165, 1.54) is 0 Å². The van der Waals surface area contributed by atoms with Crippen molar-refractivity contribution in [2.75, 3.05) is 5.32 Å². The molecule has 29 heavy (non-hydrogen) atoms. The summed E-state index contributed by atoms with van der Waals surface area (Å²) in [6, 6.07) is 26.0. The second kappa shape index (κ2) is 8.46. The molecule has 0 unspecified atom stereocenters. The summed E-state index contributed by atoms with van der Waals surface area (Å²) in [4.78, 5) is 17.0. The fourth-order valence-corrected chi connectivity index (χ4v) is 3.44. The zero-order chi connectivity index (χ0) is 20.2. The number of aryl methyl sites for hydroxylation is 2. The normalized spacial score (nSPS) is 10.8. The number of nitrogens with zero attached hydrogens (tertiary/aromatic N) is 1. The van der Waals surface area contributed by atoms with Gasteiger partial charge in [0.2, 0.25) is 5.91 Å². The van der Waals surface area contributed by atoms with Crippen molar-refractivity contribution >= 4 is 34.1 Å². The van der Waals surface area contributed by atoms with Gasteiger partial charge in [0, 0.05) is 28.1 Å². The number of halogens is 1. The Labute approximate surface area is 175 Å². The lowest BCUT2D eigenvalue weighted by Gasteiger charge is -2.09. The maximum Gasteiger partial charge on any atom is 0.224 e. The van der Waals surface area contributed by atoms with Gasteiger partial charge in [0.25, 0.3) is 0 Å². The first-order valence-electron chi connectivity index (χ1n) is 9.59. The highest BCUT2D eigenvalue weighted by Crippen LogP contribution is 2.23. The van der Waals surface area contributed by atoms with E-state index in [0.29, 0.717) is 17.9 Å². The van der Waals surface area contributed by atoms with Crippen molar-refractivity contribution in [1.29, 1.82) is 0 Å². The maximum absolute atomic E-state index is 12.3. The van der Waals surface area contributed by atoms with Crippen LogP contribution in [0.2, 0.25) is 5.02 Å². The zero-order valence-corrected chi connectivity index (χ0v) is 16.9. The Kier molecular flexibility index (Phi) is 5.59. The van der Waals surface area contributed by atoms with Crippen LogP contribution in [0.4, 0.5) is 5.69 Å². The van der Waals surface area contributed by atoms with Gasteiger partial charge in [-0.1, -0.05) is 66.2 Å². The molecular weight excluding hydrogens is 380 g/mol. The van der Waals surface area contributed by atoms with Crippen LogP contribution in [0.25, 0.3) is 22.2 Å². The molecule has 0 aliphatic rings. The molecule has 0 aliphatic heterocycles. The van der Waals surface area contributed by atoms with E-state index in [0.717, 1.165) is 39.0 Å². The van der Waals surface area contributed by atoms with Crippen molar-refractivity contribution < 1.29 is 4.79 Å². The van der Waals surface area contributed by atoms with Crippen molar-refractivity contribution in [3.05, 3.63) is 95.0 Å². The Morgan fingerprint density at radius 1 is 0.966 bits per heavy atom. The number of para-hydroxylation sites is 1. The number of pyridine rings is 1. The van der Waals surface area contributed by atoms with Gasteiger partial charge < -0.3 is 5.32 Å². The minimum absolute atomic E-state index is 0.0179. The fraction of sp³-hybridized carbons (Fsp3) is 0.120. The second-order valence-electron chi connectivity index (χ2n) is 7.09. The van der Waals surface area contributed by atoms with Gasteiger partial charge in [0.05, 0.1) is 11.2 Å². The Morgan fingerprint density at radius 3 is 2.59 bits per heavy atom. The SMILES string of the molecule is Cc1ccc(Cl)cc1NC(=O)CCc1ccc(-c2ccc3ccccc3n2)cc1. The lowest BCUT2D eigenvalue weighted by molar-refractivity contribution is -0.116. The molecule has 1 amide bonds. The maximum atomic E-state index is 12.3. The van der Waals surface area contributed by atoms with Gasteiger partial charge in [-0.05, 0) is 48.7 Å². The number of carbonyl (C=O) groups excluding carboxylic acids is 1. The third-order valence-electron chi connectivity index (χ3n) is 4.96. The predicted octanol–water partition coefficient (Wildman–Crippen LogP) is 6.43. The largest absolute Gasteiger partial charge is 0.326 e. The first-order valence-corrected chi connectivity index (χ1v) is 9.97. The molecule has 0 spiro atoms. The quantitative estimate of drug-likeness (QED) is 0.419. The summed E-state index contributed by atoms with van der Waals surface area (Å²) >= 11 is 6.01. The summed E-state index contributed by atoms with van der Waals surface area (Å²) in [5.41, 5.74) is 5.88. The third kappa shape index (κ3) is 4.64. The Morgan fingerprint density at radius 2 is 1.76 bits per heavy atom. The second-order valence-corrected chi connectivity index (χ2v) is 7.53. The summed E-state index contributed by atoms with van der Waals surface area (Å²) in [6.45, 7) is 1.95. The summed E-state index contributed by atoms with van der Waals surface area (Å²) in [7, 11) is 0. The summed E-state index contributed by atoms with van der Waals surface area (Å²) in [5.74, 6) is -0.0179. The molecule has 144 valence electrons. The molecule has 1 heterocycles. The summed E-state index contributed by atoms with van der Waals surface area (Å²) in [6.07, 6.45) is 1.09. The van der Waals surface area contributed by atoms with Crippen molar-refractivity contribution in [1.82, 2.24) is 4.98 Å². The van der Waals surface area contributed by atoms with Crippen LogP contribution in [-0.4, -0.2) is 10.9 Å². The van der Waals surface area contributed by atoms with Gasteiger partial charge in [0.1, 0.15) is 0 Å². The number of benzene rings is 3. The van der Waals surface area contributed by atoms with E-state index in [9.17, 15) is 4.79 Å². The molecule has 0 saturated heterocycles. The molecule has 3 nitrogen and oxygen atoms in total. The highest BCUT2D eigenvalue weighted by atomic mass is 35.5.